The second-order valence-corrected chi connectivity index (χ2v) is 7.45. The van der Waals surface area contributed by atoms with Crippen LogP contribution < -0.4 is 5.32 Å². The monoisotopic (exact) mass is 321 g/mol. The van der Waals surface area contributed by atoms with Crippen LogP contribution in [0, 0.1) is 11.8 Å². The molecule has 3 heterocycles. The van der Waals surface area contributed by atoms with Gasteiger partial charge in [-0.05, 0) is 44.2 Å². The van der Waals surface area contributed by atoms with Crippen LogP contribution in [0.1, 0.15) is 38.8 Å². The zero-order chi connectivity index (χ0) is 16.1. The fourth-order valence-corrected chi connectivity index (χ4v) is 3.70. The largest absolute Gasteiger partial charge is 0.378 e. The summed E-state index contributed by atoms with van der Waals surface area (Å²) >= 11 is 0. The van der Waals surface area contributed by atoms with Crippen LogP contribution in [0.25, 0.3) is 0 Å². The molecular formula is C17H31N5O. The predicted octanol–water partition coefficient (Wildman–Crippen LogP) is 1.52. The molecule has 0 saturated carbocycles. The Labute approximate surface area is 139 Å². The molecule has 0 amide bonds. The normalized spacial score (nSPS) is 24.4. The first kappa shape index (κ1) is 16.9. The van der Waals surface area contributed by atoms with Crippen molar-refractivity contribution in [1.29, 1.82) is 0 Å². The molecule has 0 aliphatic carbocycles. The predicted molar refractivity (Wildman–Crippen MR) is 90.1 cm³/mol. The minimum Gasteiger partial charge on any atom is -0.378 e. The third-order valence-corrected chi connectivity index (χ3v) is 4.95. The Balaban J connectivity index is 1.54. The summed E-state index contributed by atoms with van der Waals surface area (Å²) in [6, 6.07) is 0.512. The van der Waals surface area contributed by atoms with Crippen LogP contribution in [-0.2, 0) is 17.8 Å². The van der Waals surface area contributed by atoms with Crippen LogP contribution in [0.2, 0.25) is 0 Å². The molecule has 6 nitrogen and oxygen atoms in total. The fraction of sp³-hybridized carbons (Fsp3) is 0.882. The molecule has 23 heavy (non-hydrogen) atoms. The summed E-state index contributed by atoms with van der Waals surface area (Å²) in [7, 11) is 0. The maximum atomic E-state index is 5.67. The van der Waals surface area contributed by atoms with E-state index in [2.05, 4.69) is 40.6 Å². The van der Waals surface area contributed by atoms with E-state index in [0.717, 1.165) is 57.5 Å². The van der Waals surface area contributed by atoms with E-state index in [1.54, 1.807) is 0 Å². The Kier molecular flexibility index (Phi) is 6.02. The van der Waals surface area contributed by atoms with Gasteiger partial charge >= 0.3 is 0 Å². The molecule has 0 unspecified atom stereocenters. The van der Waals surface area contributed by atoms with Crippen LogP contribution in [0.4, 0.5) is 0 Å². The molecule has 0 aromatic carbocycles. The second-order valence-electron chi connectivity index (χ2n) is 7.45. The van der Waals surface area contributed by atoms with E-state index >= 15 is 0 Å². The summed E-state index contributed by atoms with van der Waals surface area (Å²) in [4.78, 5) is 2.52. The fourth-order valence-electron chi connectivity index (χ4n) is 3.70. The molecule has 6 heteroatoms. The topological polar surface area (TPSA) is 55.2 Å². The van der Waals surface area contributed by atoms with Crippen molar-refractivity contribution in [3.8, 4) is 0 Å². The maximum absolute atomic E-state index is 5.67. The van der Waals surface area contributed by atoms with Gasteiger partial charge in [-0.25, -0.2) is 0 Å². The summed E-state index contributed by atoms with van der Waals surface area (Å²) in [6.07, 6.45) is 5.82. The third kappa shape index (κ3) is 4.99. The molecule has 2 aliphatic rings. The minimum absolute atomic E-state index is 0.512. The van der Waals surface area contributed by atoms with Crippen LogP contribution in [0.15, 0.2) is 6.20 Å². The first-order valence-electron chi connectivity index (χ1n) is 9.12. The molecule has 0 spiro atoms. The van der Waals surface area contributed by atoms with E-state index in [1.807, 2.05) is 4.68 Å². The lowest BCUT2D eigenvalue weighted by molar-refractivity contribution is -0.0191. The zero-order valence-electron chi connectivity index (χ0n) is 14.6. The number of hydrogen-bond donors (Lipinski definition) is 1. The Bertz CT molecular complexity index is 469. The van der Waals surface area contributed by atoms with Gasteiger partial charge in [-0.2, -0.15) is 0 Å². The van der Waals surface area contributed by atoms with E-state index in [-0.39, 0.29) is 0 Å². The molecule has 1 N–H and O–H groups in total. The van der Waals surface area contributed by atoms with Crippen molar-refractivity contribution in [2.75, 3.05) is 32.8 Å². The molecule has 1 aromatic rings. The van der Waals surface area contributed by atoms with Crippen LogP contribution >= 0.6 is 0 Å². The Morgan fingerprint density at radius 1 is 1.35 bits per heavy atom. The summed E-state index contributed by atoms with van der Waals surface area (Å²) in [6.45, 7) is 11.4. The van der Waals surface area contributed by atoms with E-state index in [9.17, 15) is 0 Å². The molecular weight excluding hydrogens is 290 g/mol. The quantitative estimate of drug-likeness (QED) is 0.861. The summed E-state index contributed by atoms with van der Waals surface area (Å²) in [5.74, 6) is 1.43. The lowest BCUT2D eigenvalue weighted by Gasteiger charge is -2.36. The standard InChI is InChI=1S/C17H31N5O/c1-14(2)9-17-13-23-8-7-21(17)11-16-12-22(20-19-16)10-15-3-5-18-6-4-15/h12,14-15,17-18H,3-11,13H2,1-2H3/t17-/m0/s1. The van der Waals surface area contributed by atoms with Gasteiger partial charge in [-0.3, -0.25) is 9.58 Å². The Morgan fingerprint density at radius 2 is 2.17 bits per heavy atom. The molecule has 0 bridgehead atoms. The van der Waals surface area contributed by atoms with Gasteiger partial charge in [0.25, 0.3) is 0 Å². The van der Waals surface area contributed by atoms with Crippen molar-refractivity contribution in [1.82, 2.24) is 25.2 Å². The van der Waals surface area contributed by atoms with E-state index < -0.39 is 0 Å². The smallest absolute Gasteiger partial charge is 0.0967 e. The molecule has 3 rings (SSSR count). The SMILES string of the molecule is CC(C)C[C@H]1COCCN1Cc1cn(CC2CCNCC2)nn1. The second kappa shape index (κ2) is 8.22. The van der Waals surface area contributed by atoms with Crippen LogP contribution in [0.5, 0.6) is 0 Å². The summed E-state index contributed by atoms with van der Waals surface area (Å²) < 4.78 is 7.71. The van der Waals surface area contributed by atoms with Gasteiger partial charge in [0.1, 0.15) is 0 Å². The molecule has 130 valence electrons. The van der Waals surface area contributed by atoms with Crippen LogP contribution in [-0.4, -0.2) is 58.8 Å². The lowest BCUT2D eigenvalue weighted by atomic mass is 9.98. The number of hydrogen-bond acceptors (Lipinski definition) is 5. The van der Waals surface area contributed by atoms with Gasteiger partial charge in [0.2, 0.25) is 0 Å². The zero-order valence-corrected chi connectivity index (χ0v) is 14.6. The van der Waals surface area contributed by atoms with Crippen molar-refractivity contribution in [3.63, 3.8) is 0 Å². The highest BCUT2D eigenvalue weighted by Gasteiger charge is 2.24. The molecule has 1 atom stereocenters. The van der Waals surface area contributed by atoms with E-state index in [0.29, 0.717) is 12.0 Å². The number of piperidine rings is 1. The van der Waals surface area contributed by atoms with Gasteiger partial charge in [0.05, 0.1) is 18.9 Å². The Hall–Kier alpha value is -0.980. The van der Waals surface area contributed by atoms with Gasteiger partial charge < -0.3 is 10.1 Å². The summed E-state index contributed by atoms with van der Waals surface area (Å²) in [5.41, 5.74) is 1.09. The highest BCUT2D eigenvalue weighted by atomic mass is 16.5. The van der Waals surface area contributed by atoms with Gasteiger partial charge in [0, 0.05) is 31.9 Å². The van der Waals surface area contributed by atoms with Crippen LogP contribution in [0.3, 0.4) is 0 Å². The average molecular weight is 321 g/mol. The first-order chi connectivity index (χ1) is 11.2. The lowest BCUT2D eigenvalue weighted by Crippen LogP contribution is -2.45. The number of morpholine rings is 1. The number of rotatable bonds is 6. The number of aromatic nitrogens is 3. The Morgan fingerprint density at radius 3 is 2.96 bits per heavy atom. The van der Waals surface area contributed by atoms with Crippen molar-refractivity contribution in [2.45, 2.75) is 52.2 Å². The average Bonchev–Trinajstić information content (AvgIpc) is 2.97. The first-order valence-corrected chi connectivity index (χ1v) is 9.12. The van der Waals surface area contributed by atoms with E-state index in [1.165, 1.54) is 19.3 Å². The van der Waals surface area contributed by atoms with Gasteiger partial charge in [0.15, 0.2) is 0 Å². The number of ether oxygens (including phenoxy) is 1. The summed E-state index contributed by atoms with van der Waals surface area (Å²) in [5, 5.41) is 12.2. The van der Waals surface area contributed by atoms with Gasteiger partial charge in [-0.15, -0.1) is 5.10 Å². The van der Waals surface area contributed by atoms with E-state index in [4.69, 9.17) is 4.74 Å². The minimum atomic E-state index is 0.512. The van der Waals surface area contributed by atoms with Crippen molar-refractivity contribution in [2.24, 2.45) is 11.8 Å². The van der Waals surface area contributed by atoms with Crippen molar-refractivity contribution in [3.05, 3.63) is 11.9 Å². The van der Waals surface area contributed by atoms with Crippen molar-refractivity contribution >= 4 is 0 Å². The molecule has 2 saturated heterocycles. The number of nitrogens with one attached hydrogen (secondary N) is 1. The maximum Gasteiger partial charge on any atom is 0.0967 e. The highest BCUT2D eigenvalue weighted by Crippen LogP contribution is 2.18. The molecule has 2 aliphatic heterocycles. The highest BCUT2D eigenvalue weighted by molar-refractivity contribution is 4.94. The molecule has 0 radical (unpaired) electrons. The van der Waals surface area contributed by atoms with Crippen molar-refractivity contribution < 1.29 is 4.74 Å². The molecule has 2 fully saturated rings. The third-order valence-electron chi connectivity index (χ3n) is 4.95. The molecule has 1 aromatic heterocycles. The van der Waals surface area contributed by atoms with Gasteiger partial charge in [-0.1, -0.05) is 19.1 Å². The number of nitrogens with zero attached hydrogens (tertiary/aromatic N) is 4.